The minimum atomic E-state index is 0.195. The second kappa shape index (κ2) is 7.75. The smallest absolute Gasteiger partial charge is 0.234 e. The molecule has 2 aliphatic rings. The molecule has 1 saturated carbocycles. The Hall–Kier alpha value is -1.65. The van der Waals surface area contributed by atoms with E-state index in [-0.39, 0.29) is 5.91 Å². The minimum absolute atomic E-state index is 0.195. The van der Waals surface area contributed by atoms with Crippen LogP contribution in [0.3, 0.4) is 0 Å². The molecule has 1 aromatic carbocycles. The molecule has 3 rings (SSSR count). The maximum absolute atomic E-state index is 11.8. The van der Waals surface area contributed by atoms with E-state index >= 15 is 0 Å². The summed E-state index contributed by atoms with van der Waals surface area (Å²) in [4.78, 5) is 16.6. The second-order valence-electron chi connectivity index (χ2n) is 6.80. The Morgan fingerprint density at radius 2 is 1.70 bits per heavy atom. The summed E-state index contributed by atoms with van der Waals surface area (Å²) >= 11 is 0. The van der Waals surface area contributed by atoms with Gasteiger partial charge in [0.1, 0.15) is 0 Å². The quantitative estimate of drug-likeness (QED) is 0.872. The van der Waals surface area contributed by atoms with Gasteiger partial charge in [-0.1, -0.05) is 42.0 Å². The molecule has 0 spiro atoms. The van der Waals surface area contributed by atoms with Crippen molar-refractivity contribution in [1.82, 2.24) is 15.1 Å². The molecule has 0 unspecified atom stereocenters. The molecule has 2 fully saturated rings. The van der Waals surface area contributed by atoms with Crippen LogP contribution in [0.2, 0.25) is 0 Å². The van der Waals surface area contributed by atoms with Gasteiger partial charge in [0.2, 0.25) is 5.91 Å². The number of hydrogen-bond acceptors (Lipinski definition) is 3. The third-order valence-corrected chi connectivity index (χ3v) is 4.46. The predicted octanol–water partition coefficient (Wildman–Crippen LogP) is 1.99. The third-order valence-electron chi connectivity index (χ3n) is 4.46. The Bertz CT molecular complexity index is 543. The van der Waals surface area contributed by atoms with Gasteiger partial charge >= 0.3 is 0 Å². The van der Waals surface area contributed by atoms with Crippen LogP contribution in [0.5, 0.6) is 0 Å². The van der Waals surface area contributed by atoms with Crippen LogP contribution in [0.1, 0.15) is 25.3 Å². The van der Waals surface area contributed by atoms with E-state index in [1.807, 2.05) is 6.07 Å². The number of amides is 1. The standard InChI is InChI=1S/C19H27N3O/c1-16(13-17-5-3-2-4-6-17)14-21-9-11-22(12-10-21)15-19(23)20-18-7-8-18/h2-6,13,18H,7-12,14-15H2,1H3,(H,20,23). The number of hydrogen-bond donors (Lipinski definition) is 1. The fourth-order valence-corrected chi connectivity index (χ4v) is 3.04. The van der Waals surface area contributed by atoms with E-state index in [2.05, 4.69) is 52.4 Å². The Morgan fingerprint density at radius 1 is 1.09 bits per heavy atom. The highest BCUT2D eigenvalue weighted by molar-refractivity contribution is 5.78. The molecule has 1 N–H and O–H groups in total. The first-order valence-electron chi connectivity index (χ1n) is 8.65. The number of benzene rings is 1. The zero-order valence-corrected chi connectivity index (χ0v) is 14.0. The topological polar surface area (TPSA) is 35.6 Å². The molecular formula is C19H27N3O. The Labute approximate surface area is 139 Å². The van der Waals surface area contributed by atoms with E-state index in [1.54, 1.807) is 0 Å². The number of carbonyl (C=O) groups excluding carboxylic acids is 1. The summed E-state index contributed by atoms with van der Waals surface area (Å²) in [6.45, 7) is 7.81. The summed E-state index contributed by atoms with van der Waals surface area (Å²) in [5.74, 6) is 0.195. The summed E-state index contributed by atoms with van der Waals surface area (Å²) in [5.41, 5.74) is 2.65. The largest absolute Gasteiger partial charge is 0.352 e. The third kappa shape index (κ3) is 5.48. The van der Waals surface area contributed by atoms with Crippen molar-refractivity contribution in [2.75, 3.05) is 39.3 Å². The van der Waals surface area contributed by atoms with Crippen molar-refractivity contribution in [3.05, 3.63) is 41.5 Å². The molecule has 1 saturated heterocycles. The van der Waals surface area contributed by atoms with Crippen molar-refractivity contribution in [1.29, 1.82) is 0 Å². The minimum Gasteiger partial charge on any atom is -0.352 e. The van der Waals surface area contributed by atoms with E-state index in [1.165, 1.54) is 11.1 Å². The lowest BCUT2D eigenvalue weighted by Gasteiger charge is -2.34. The summed E-state index contributed by atoms with van der Waals surface area (Å²) in [7, 11) is 0. The molecule has 0 bridgehead atoms. The highest BCUT2D eigenvalue weighted by Gasteiger charge is 2.25. The van der Waals surface area contributed by atoms with E-state index < -0.39 is 0 Å². The molecule has 1 aliphatic carbocycles. The van der Waals surface area contributed by atoms with Crippen LogP contribution < -0.4 is 5.32 Å². The van der Waals surface area contributed by atoms with Crippen LogP contribution in [-0.2, 0) is 4.79 Å². The van der Waals surface area contributed by atoms with E-state index in [4.69, 9.17) is 0 Å². The number of rotatable bonds is 6. The van der Waals surface area contributed by atoms with Gasteiger partial charge in [0, 0.05) is 38.8 Å². The molecule has 124 valence electrons. The maximum atomic E-state index is 11.8. The zero-order chi connectivity index (χ0) is 16.1. The van der Waals surface area contributed by atoms with Crippen molar-refractivity contribution in [2.24, 2.45) is 0 Å². The van der Waals surface area contributed by atoms with Gasteiger partial charge < -0.3 is 5.32 Å². The summed E-state index contributed by atoms with van der Waals surface area (Å²) in [5, 5.41) is 3.07. The summed E-state index contributed by atoms with van der Waals surface area (Å²) in [6, 6.07) is 10.9. The summed E-state index contributed by atoms with van der Waals surface area (Å²) < 4.78 is 0. The van der Waals surface area contributed by atoms with Gasteiger partial charge in [0.15, 0.2) is 0 Å². The molecule has 23 heavy (non-hydrogen) atoms. The highest BCUT2D eigenvalue weighted by atomic mass is 16.2. The SMILES string of the molecule is CC(=Cc1ccccc1)CN1CCN(CC(=O)NC2CC2)CC1. The number of piperazine rings is 1. The average molecular weight is 313 g/mol. The molecule has 1 aromatic rings. The van der Waals surface area contributed by atoms with E-state index in [0.29, 0.717) is 12.6 Å². The van der Waals surface area contributed by atoms with Crippen LogP contribution >= 0.6 is 0 Å². The zero-order valence-electron chi connectivity index (χ0n) is 14.0. The second-order valence-corrected chi connectivity index (χ2v) is 6.80. The monoisotopic (exact) mass is 313 g/mol. The fraction of sp³-hybridized carbons (Fsp3) is 0.526. The van der Waals surface area contributed by atoms with Crippen molar-refractivity contribution in [3.63, 3.8) is 0 Å². The Kier molecular flexibility index (Phi) is 5.47. The van der Waals surface area contributed by atoms with Crippen molar-refractivity contribution in [3.8, 4) is 0 Å². The molecule has 4 nitrogen and oxygen atoms in total. The first-order valence-corrected chi connectivity index (χ1v) is 8.65. The van der Waals surface area contributed by atoms with Crippen LogP contribution in [0.15, 0.2) is 35.9 Å². The lowest BCUT2D eigenvalue weighted by Crippen LogP contribution is -2.49. The van der Waals surface area contributed by atoms with Gasteiger partial charge in [-0.05, 0) is 25.3 Å². The summed E-state index contributed by atoms with van der Waals surface area (Å²) in [6.07, 6.45) is 4.58. The van der Waals surface area contributed by atoms with Gasteiger partial charge in [0.05, 0.1) is 6.54 Å². The first kappa shape index (κ1) is 16.2. The molecule has 4 heteroatoms. The number of carbonyl (C=O) groups is 1. The molecule has 1 amide bonds. The number of nitrogens with zero attached hydrogens (tertiary/aromatic N) is 2. The van der Waals surface area contributed by atoms with Gasteiger partial charge in [-0.2, -0.15) is 0 Å². The molecule has 0 atom stereocenters. The first-order chi connectivity index (χ1) is 11.2. The van der Waals surface area contributed by atoms with Gasteiger partial charge in [-0.25, -0.2) is 0 Å². The van der Waals surface area contributed by atoms with E-state index in [9.17, 15) is 4.79 Å². The van der Waals surface area contributed by atoms with Crippen molar-refractivity contribution >= 4 is 12.0 Å². The normalized spacial score (nSPS) is 20.5. The molecular weight excluding hydrogens is 286 g/mol. The van der Waals surface area contributed by atoms with Crippen LogP contribution in [-0.4, -0.2) is 61.0 Å². The lowest BCUT2D eigenvalue weighted by molar-refractivity contribution is -0.122. The highest BCUT2D eigenvalue weighted by Crippen LogP contribution is 2.18. The Balaban J connectivity index is 1.40. The molecule has 1 heterocycles. The predicted molar refractivity (Wildman–Crippen MR) is 94.1 cm³/mol. The maximum Gasteiger partial charge on any atom is 0.234 e. The van der Waals surface area contributed by atoms with Gasteiger partial charge in [-0.3, -0.25) is 14.6 Å². The Morgan fingerprint density at radius 3 is 2.30 bits per heavy atom. The van der Waals surface area contributed by atoms with Crippen molar-refractivity contribution < 1.29 is 4.79 Å². The lowest BCUT2D eigenvalue weighted by atomic mass is 10.1. The molecule has 0 radical (unpaired) electrons. The fourth-order valence-electron chi connectivity index (χ4n) is 3.04. The van der Waals surface area contributed by atoms with Gasteiger partial charge in [0.25, 0.3) is 0 Å². The molecule has 0 aromatic heterocycles. The van der Waals surface area contributed by atoms with Crippen LogP contribution in [0.25, 0.3) is 6.08 Å². The van der Waals surface area contributed by atoms with Crippen LogP contribution in [0.4, 0.5) is 0 Å². The van der Waals surface area contributed by atoms with E-state index in [0.717, 1.165) is 45.6 Å². The van der Waals surface area contributed by atoms with Gasteiger partial charge in [-0.15, -0.1) is 0 Å². The molecule has 1 aliphatic heterocycles. The van der Waals surface area contributed by atoms with Crippen molar-refractivity contribution in [2.45, 2.75) is 25.8 Å². The van der Waals surface area contributed by atoms with Crippen LogP contribution in [0, 0.1) is 0 Å². The number of nitrogens with one attached hydrogen (secondary N) is 1. The average Bonchev–Trinajstić information content (AvgIpc) is 3.34.